The van der Waals surface area contributed by atoms with Crippen LogP contribution in [0, 0.1) is 0 Å². The monoisotopic (exact) mass is 250 g/mol. The second-order valence-electron chi connectivity index (χ2n) is 4.83. The molecule has 2 atom stereocenters. The first-order valence-corrected chi connectivity index (χ1v) is 6.07. The SMILES string of the molecule is CC1CC(N)CCN1C(=O)c1cc(O)ccc1O. The highest BCUT2D eigenvalue weighted by Gasteiger charge is 2.29. The molecule has 1 aliphatic heterocycles. The third-order valence-corrected chi connectivity index (χ3v) is 3.39. The van der Waals surface area contributed by atoms with Crippen LogP contribution in [0.4, 0.5) is 0 Å². The number of aromatic hydroxyl groups is 2. The number of hydrogen-bond acceptors (Lipinski definition) is 4. The summed E-state index contributed by atoms with van der Waals surface area (Å²) < 4.78 is 0. The number of amides is 1. The van der Waals surface area contributed by atoms with Gasteiger partial charge in [0.05, 0.1) is 5.56 Å². The van der Waals surface area contributed by atoms with Crippen molar-refractivity contribution >= 4 is 5.91 Å². The minimum absolute atomic E-state index is 0.0301. The minimum Gasteiger partial charge on any atom is -0.508 e. The van der Waals surface area contributed by atoms with Gasteiger partial charge in [0, 0.05) is 18.6 Å². The van der Waals surface area contributed by atoms with Crippen LogP contribution in [0.2, 0.25) is 0 Å². The molecule has 2 rings (SSSR count). The molecule has 98 valence electrons. The van der Waals surface area contributed by atoms with Gasteiger partial charge in [0.25, 0.3) is 5.91 Å². The number of carbonyl (C=O) groups is 1. The highest BCUT2D eigenvalue weighted by atomic mass is 16.3. The van der Waals surface area contributed by atoms with Gasteiger partial charge in [-0.05, 0) is 38.0 Å². The van der Waals surface area contributed by atoms with Crippen molar-refractivity contribution in [2.24, 2.45) is 5.73 Å². The molecular formula is C13H18N2O3. The molecule has 1 aliphatic rings. The number of nitrogens with zero attached hydrogens (tertiary/aromatic N) is 1. The van der Waals surface area contributed by atoms with Crippen molar-refractivity contribution in [1.82, 2.24) is 4.90 Å². The second-order valence-corrected chi connectivity index (χ2v) is 4.83. The number of hydrogen-bond donors (Lipinski definition) is 3. The molecule has 0 spiro atoms. The largest absolute Gasteiger partial charge is 0.508 e. The van der Waals surface area contributed by atoms with Crippen LogP contribution in [-0.4, -0.2) is 39.6 Å². The predicted molar refractivity (Wildman–Crippen MR) is 67.5 cm³/mol. The van der Waals surface area contributed by atoms with Crippen molar-refractivity contribution in [3.05, 3.63) is 23.8 Å². The predicted octanol–water partition coefficient (Wildman–Crippen LogP) is 1.05. The molecule has 1 saturated heterocycles. The van der Waals surface area contributed by atoms with Gasteiger partial charge in [-0.3, -0.25) is 4.79 Å². The van der Waals surface area contributed by atoms with E-state index in [-0.39, 0.29) is 35.1 Å². The maximum atomic E-state index is 12.3. The summed E-state index contributed by atoms with van der Waals surface area (Å²) >= 11 is 0. The first kappa shape index (κ1) is 12.7. The highest BCUT2D eigenvalue weighted by Crippen LogP contribution is 2.26. The van der Waals surface area contributed by atoms with E-state index >= 15 is 0 Å². The third kappa shape index (κ3) is 2.41. The van der Waals surface area contributed by atoms with Crippen LogP contribution in [-0.2, 0) is 0 Å². The van der Waals surface area contributed by atoms with Gasteiger partial charge in [0.1, 0.15) is 11.5 Å². The Kier molecular flexibility index (Phi) is 3.43. The van der Waals surface area contributed by atoms with E-state index in [1.807, 2.05) is 6.92 Å². The molecule has 5 nitrogen and oxygen atoms in total. The van der Waals surface area contributed by atoms with Crippen molar-refractivity contribution in [2.75, 3.05) is 6.54 Å². The van der Waals surface area contributed by atoms with Crippen LogP contribution in [0.25, 0.3) is 0 Å². The first-order valence-electron chi connectivity index (χ1n) is 6.07. The molecule has 4 N–H and O–H groups in total. The molecular weight excluding hydrogens is 232 g/mol. The van der Waals surface area contributed by atoms with Crippen molar-refractivity contribution in [3.63, 3.8) is 0 Å². The van der Waals surface area contributed by atoms with Crippen molar-refractivity contribution in [2.45, 2.75) is 31.8 Å². The fourth-order valence-corrected chi connectivity index (χ4v) is 2.36. The summed E-state index contributed by atoms with van der Waals surface area (Å²) in [6.07, 6.45) is 1.51. The Labute approximate surface area is 106 Å². The lowest BCUT2D eigenvalue weighted by atomic mass is 9.98. The summed E-state index contributed by atoms with van der Waals surface area (Å²) in [4.78, 5) is 14.0. The van der Waals surface area contributed by atoms with Gasteiger partial charge in [-0.2, -0.15) is 0 Å². The smallest absolute Gasteiger partial charge is 0.257 e. The van der Waals surface area contributed by atoms with Gasteiger partial charge in [-0.15, -0.1) is 0 Å². The molecule has 1 aromatic carbocycles. The molecule has 1 heterocycles. The summed E-state index contributed by atoms with van der Waals surface area (Å²) in [6.45, 7) is 2.52. The van der Waals surface area contributed by atoms with Gasteiger partial charge < -0.3 is 20.8 Å². The number of carbonyl (C=O) groups excluding carboxylic acids is 1. The Morgan fingerprint density at radius 2 is 2.17 bits per heavy atom. The molecule has 0 aliphatic carbocycles. The van der Waals surface area contributed by atoms with E-state index in [0.29, 0.717) is 6.54 Å². The molecule has 1 amide bonds. The van der Waals surface area contributed by atoms with Crippen LogP contribution in [0.5, 0.6) is 11.5 Å². The number of likely N-dealkylation sites (tertiary alicyclic amines) is 1. The van der Waals surface area contributed by atoms with E-state index in [4.69, 9.17) is 5.73 Å². The van der Waals surface area contributed by atoms with Crippen LogP contribution in [0.1, 0.15) is 30.1 Å². The topological polar surface area (TPSA) is 86.8 Å². The van der Waals surface area contributed by atoms with Crippen LogP contribution >= 0.6 is 0 Å². The number of benzene rings is 1. The number of phenolic OH excluding ortho intramolecular Hbond substituents is 2. The first-order chi connectivity index (χ1) is 8.49. The molecule has 0 radical (unpaired) electrons. The summed E-state index contributed by atoms with van der Waals surface area (Å²) in [5.74, 6) is -0.403. The quantitative estimate of drug-likeness (QED) is 0.650. The van der Waals surface area contributed by atoms with Crippen LogP contribution in [0.15, 0.2) is 18.2 Å². The molecule has 5 heteroatoms. The molecule has 1 aromatic rings. The minimum atomic E-state index is -0.261. The number of nitrogens with two attached hydrogens (primary N) is 1. The number of rotatable bonds is 1. The summed E-state index contributed by atoms with van der Waals surface area (Å²) in [5, 5.41) is 19.1. The van der Waals surface area contributed by atoms with Crippen LogP contribution < -0.4 is 5.73 Å². The molecule has 0 bridgehead atoms. The second kappa shape index (κ2) is 4.86. The normalized spacial score (nSPS) is 24.0. The molecule has 18 heavy (non-hydrogen) atoms. The van der Waals surface area contributed by atoms with E-state index < -0.39 is 0 Å². The van der Waals surface area contributed by atoms with Gasteiger partial charge >= 0.3 is 0 Å². The molecule has 2 unspecified atom stereocenters. The zero-order valence-electron chi connectivity index (χ0n) is 10.3. The van der Waals surface area contributed by atoms with E-state index in [1.165, 1.54) is 18.2 Å². The summed E-state index contributed by atoms with van der Waals surface area (Å²) in [7, 11) is 0. The van der Waals surface area contributed by atoms with E-state index in [9.17, 15) is 15.0 Å². The van der Waals surface area contributed by atoms with Gasteiger partial charge in [0.15, 0.2) is 0 Å². The molecule has 0 saturated carbocycles. The van der Waals surface area contributed by atoms with Crippen molar-refractivity contribution in [1.29, 1.82) is 0 Å². The van der Waals surface area contributed by atoms with E-state index in [2.05, 4.69) is 0 Å². The average molecular weight is 250 g/mol. The highest BCUT2D eigenvalue weighted by molar-refractivity contribution is 5.97. The zero-order valence-corrected chi connectivity index (χ0v) is 10.3. The Bertz CT molecular complexity index is 462. The van der Waals surface area contributed by atoms with E-state index in [1.54, 1.807) is 4.90 Å². The fourth-order valence-electron chi connectivity index (χ4n) is 2.36. The molecule has 0 aromatic heterocycles. The lowest BCUT2D eigenvalue weighted by Crippen LogP contribution is -2.48. The lowest BCUT2D eigenvalue weighted by Gasteiger charge is -2.36. The van der Waals surface area contributed by atoms with Crippen LogP contribution in [0.3, 0.4) is 0 Å². The van der Waals surface area contributed by atoms with Crippen molar-refractivity contribution < 1.29 is 15.0 Å². The summed E-state index contributed by atoms with van der Waals surface area (Å²) in [5.41, 5.74) is 5.99. The van der Waals surface area contributed by atoms with Gasteiger partial charge in [-0.25, -0.2) is 0 Å². The average Bonchev–Trinajstić information content (AvgIpc) is 2.31. The maximum Gasteiger partial charge on any atom is 0.257 e. The van der Waals surface area contributed by atoms with Crippen molar-refractivity contribution in [3.8, 4) is 11.5 Å². The summed E-state index contributed by atoms with van der Waals surface area (Å²) in [6, 6.07) is 4.13. The Morgan fingerprint density at radius 1 is 1.44 bits per heavy atom. The van der Waals surface area contributed by atoms with Gasteiger partial charge in [0.2, 0.25) is 0 Å². The maximum absolute atomic E-state index is 12.3. The number of phenols is 2. The zero-order chi connectivity index (χ0) is 13.3. The Balaban J connectivity index is 2.23. The fraction of sp³-hybridized carbons (Fsp3) is 0.462. The lowest BCUT2D eigenvalue weighted by molar-refractivity contribution is 0.0615. The van der Waals surface area contributed by atoms with E-state index in [0.717, 1.165) is 12.8 Å². The Morgan fingerprint density at radius 3 is 2.83 bits per heavy atom. The standard InChI is InChI=1S/C13H18N2O3/c1-8-6-9(14)4-5-15(8)13(18)11-7-10(16)2-3-12(11)17/h2-3,7-9,16-17H,4-6,14H2,1H3. The number of piperidine rings is 1. The van der Waals surface area contributed by atoms with Gasteiger partial charge in [-0.1, -0.05) is 0 Å². The molecule has 1 fully saturated rings. The Hall–Kier alpha value is -1.75. The third-order valence-electron chi connectivity index (χ3n) is 3.39.